The Balaban J connectivity index is 3.56. The van der Waals surface area contributed by atoms with Crippen LogP contribution in [-0.2, 0) is 4.79 Å². The van der Waals surface area contributed by atoms with Gasteiger partial charge < -0.3 is 20.6 Å². The molecule has 1 amide bonds. The van der Waals surface area contributed by atoms with Crippen molar-refractivity contribution in [2.24, 2.45) is 0 Å². The van der Waals surface area contributed by atoms with Crippen molar-refractivity contribution in [2.45, 2.75) is 308 Å². The number of nitrogens with one attached hydrogen (secondary N) is 1. The lowest BCUT2D eigenvalue weighted by Gasteiger charge is -2.21. The Kier molecular flexibility index (Phi) is 48.5. The molecule has 0 saturated heterocycles. The zero-order valence-electron chi connectivity index (χ0n) is 39.9. The van der Waals surface area contributed by atoms with Gasteiger partial charge in [0.1, 0.15) is 6.10 Å². The van der Waals surface area contributed by atoms with Gasteiger partial charge in [0, 0.05) is 0 Å². The van der Waals surface area contributed by atoms with Crippen LogP contribution in [0.1, 0.15) is 290 Å². The van der Waals surface area contributed by atoms with E-state index in [1.54, 1.807) is 6.08 Å². The molecule has 59 heavy (non-hydrogen) atoms. The van der Waals surface area contributed by atoms with E-state index in [-0.39, 0.29) is 6.61 Å². The second-order valence-corrected chi connectivity index (χ2v) is 18.4. The lowest BCUT2D eigenvalue weighted by molar-refractivity contribution is -0.131. The number of carbonyl (C=O) groups is 1. The van der Waals surface area contributed by atoms with E-state index in [1.165, 1.54) is 238 Å². The molecule has 0 aromatic heterocycles. The van der Waals surface area contributed by atoms with Crippen molar-refractivity contribution in [3.8, 4) is 0 Å². The quantitative estimate of drug-likeness (QED) is 0.0363. The van der Waals surface area contributed by atoms with E-state index < -0.39 is 24.2 Å². The van der Waals surface area contributed by atoms with Crippen molar-refractivity contribution in [1.82, 2.24) is 5.32 Å². The van der Waals surface area contributed by atoms with Crippen LogP contribution in [0.25, 0.3) is 0 Å². The van der Waals surface area contributed by atoms with E-state index in [0.29, 0.717) is 6.42 Å². The predicted molar refractivity (Wildman–Crippen MR) is 259 cm³/mol. The molecule has 5 nitrogen and oxygen atoms in total. The summed E-state index contributed by atoms with van der Waals surface area (Å²) in [4.78, 5) is 12.5. The molecule has 350 valence electrons. The first-order valence-electron chi connectivity index (χ1n) is 26.7. The molecule has 0 spiro atoms. The van der Waals surface area contributed by atoms with Gasteiger partial charge in [-0.05, 0) is 44.9 Å². The van der Waals surface area contributed by atoms with Gasteiger partial charge in [-0.15, -0.1) is 0 Å². The zero-order valence-corrected chi connectivity index (χ0v) is 39.9. The first-order valence-corrected chi connectivity index (χ1v) is 26.7. The van der Waals surface area contributed by atoms with Gasteiger partial charge in [-0.25, -0.2) is 0 Å². The second-order valence-electron chi connectivity index (χ2n) is 18.4. The molecule has 4 N–H and O–H groups in total. The summed E-state index contributed by atoms with van der Waals surface area (Å²) in [7, 11) is 0. The molecule has 0 aliphatic carbocycles. The van der Waals surface area contributed by atoms with Gasteiger partial charge in [-0.2, -0.15) is 0 Å². The summed E-state index contributed by atoms with van der Waals surface area (Å²) in [6.45, 7) is 4.21. The Labute approximate surface area is 369 Å². The van der Waals surface area contributed by atoms with Gasteiger partial charge >= 0.3 is 0 Å². The highest BCUT2D eigenvalue weighted by Crippen LogP contribution is 2.17. The molecule has 0 aromatic carbocycles. The third-order valence-electron chi connectivity index (χ3n) is 12.5. The van der Waals surface area contributed by atoms with Crippen LogP contribution >= 0.6 is 0 Å². The molecule has 0 bridgehead atoms. The molecular weight excluding hydrogens is 727 g/mol. The molecule has 0 aromatic rings. The fourth-order valence-electron chi connectivity index (χ4n) is 8.36. The SMILES string of the molecule is CCCCCCCCCCCCCC/C=C\CCCCCCCCCCCCCCC(O)C(=O)NC(CO)C(O)/C=C/CCCCCCCCCCCCCCCCC. The minimum absolute atomic E-state index is 0.361. The Hall–Kier alpha value is -1.17. The third kappa shape index (κ3) is 44.7. The molecule has 0 rings (SSSR count). The summed E-state index contributed by atoms with van der Waals surface area (Å²) in [5, 5.41) is 33.3. The van der Waals surface area contributed by atoms with Crippen molar-refractivity contribution < 1.29 is 20.1 Å². The lowest BCUT2D eigenvalue weighted by atomic mass is 10.0. The monoisotopic (exact) mass is 832 g/mol. The molecule has 0 radical (unpaired) electrons. The summed E-state index contributed by atoms with van der Waals surface area (Å²) in [5.41, 5.74) is 0. The molecule has 0 aliphatic heterocycles. The normalized spacial score (nSPS) is 13.5. The number of aliphatic hydroxyl groups excluding tert-OH is 3. The maximum absolute atomic E-state index is 12.5. The molecule has 3 atom stereocenters. The van der Waals surface area contributed by atoms with Gasteiger partial charge in [0.05, 0.1) is 18.8 Å². The van der Waals surface area contributed by atoms with Crippen LogP contribution in [0.3, 0.4) is 0 Å². The summed E-state index contributed by atoms with van der Waals surface area (Å²) < 4.78 is 0. The van der Waals surface area contributed by atoms with E-state index in [2.05, 4.69) is 31.3 Å². The molecule has 5 heteroatoms. The van der Waals surface area contributed by atoms with E-state index in [0.717, 1.165) is 32.1 Å². The summed E-state index contributed by atoms with van der Waals surface area (Å²) in [5.74, 6) is -0.500. The average Bonchev–Trinajstić information content (AvgIpc) is 3.24. The number of carbonyl (C=O) groups excluding carboxylic acids is 1. The van der Waals surface area contributed by atoms with Gasteiger partial charge in [-0.1, -0.05) is 269 Å². The molecule has 3 unspecified atom stereocenters. The maximum atomic E-state index is 12.5. The van der Waals surface area contributed by atoms with Gasteiger partial charge in [0.2, 0.25) is 5.91 Å². The highest BCUT2D eigenvalue weighted by molar-refractivity contribution is 5.80. The van der Waals surface area contributed by atoms with E-state index >= 15 is 0 Å². The van der Waals surface area contributed by atoms with Gasteiger partial charge in [0.15, 0.2) is 0 Å². The number of amides is 1. The molecule has 0 fully saturated rings. The van der Waals surface area contributed by atoms with Crippen molar-refractivity contribution in [3.05, 3.63) is 24.3 Å². The van der Waals surface area contributed by atoms with Crippen LogP contribution in [-0.4, -0.2) is 46.1 Å². The number of unbranched alkanes of at least 4 members (excludes halogenated alkanes) is 39. The van der Waals surface area contributed by atoms with Crippen molar-refractivity contribution >= 4 is 5.91 Å². The number of rotatable bonds is 49. The van der Waals surface area contributed by atoms with Crippen LogP contribution in [0.15, 0.2) is 24.3 Å². The van der Waals surface area contributed by atoms with Crippen molar-refractivity contribution in [3.63, 3.8) is 0 Å². The number of allylic oxidation sites excluding steroid dienone is 3. The maximum Gasteiger partial charge on any atom is 0.249 e. The Bertz CT molecular complexity index is 874. The van der Waals surface area contributed by atoms with E-state index in [1.807, 2.05) is 6.08 Å². The largest absolute Gasteiger partial charge is 0.394 e. The second kappa shape index (κ2) is 49.5. The molecular formula is C54H105NO4. The summed E-state index contributed by atoms with van der Waals surface area (Å²) >= 11 is 0. The van der Waals surface area contributed by atoms with Crippen LogP contribution < -0.4 is 5.32 Å². The fourth-order valence-corrected chi connectivity index (χ4v) is 8.36. The standard InChI is InChI=1S/C54H105NO4/c1-3-5-7-9-11-13-15-17-19-21-22-23-24-25-26-27-28-29-30-31-33-35-37-39-41-43-45-47-49-53(58)54(59)55-51(50-56)52(57)48-46-44-42-40-38-36-34-32-20-18-16-14-12-10-8-6-4-2/h25-26,46,48,51-53,56-58H,3-24,27-45,47,49-50H2,1-2H3,(H,55,59)/b26-25-,48-46+. The fraction of sp³-hybridized carbons (Fsp3) is 0.907. The van der Waals surface area contributed by atoms with E-state index in [4.69, 9.17) is 0 Å². The summed E-state index contributed by atoms with van der Waals surface area (Å²) in [6.07, 6.45) is 62.4. The topological polar surface area (TPSA) is 89.8 Å². The average molecular weight is 832 g/mol. The van der Waals surface area contributed by atoms with Gasteiger partial charge in [0.25, 0.3) is 0 Å². The van der Waals surface area contributed by atoms with Gasteiger partial charge in [-0.3, -0.25) is 4.79 Å². The first kappa shape index (κ1) is 57.8. The lowest BCUT2D eigenvalue weighted by Crippen LogP contribution is -2.48. The van der Waals surface area contributed by atoms with Crippen molar-refractivity contribution in [1.29, 1.82) is 0 Å². The zero-order chi connectivity index (χ0) is 43.0. The Morgan fingerprint density at radius 3 is 0.983 bits per heavy atom. The van der Waals surface area contributed by atoms with Crippen LogP contribution in [0.2, 0.25) is 0 Å². The van der Waals surface area contributed by atoms with E-state index in [9.17, 15) is 20.1 Å². The smallest absolute Gasteiger partial charge is 0.249 e. The van der Waals surface area contributed by atoms with Crippen LogP contribution in [0.5, 0.6) is 0 Å². The predicted octanol–water partition coefficient (Wildman–Crippen LogP) is 16.1. The minimum atomic E-state index is -1.10. The van der Waals surface area contributed by atoms with Crippen LogP contribution in [0, 0.1) is 0 Å². The minimum Gasteiger partial charge on any atom is -0.394 e. The Morgan fingerprint density at radius 1 is 0.407 bits per heavy atom. The number of hydrogen-bond donors (Lipinski definition) is 4. The summed E-state index contributed by atoms with van der Waals surface area (Å²) in [6, 6.07) is -0.796. The third-order valence-corrected chi connectivity index (χ3v) is 12.5. The number of aliphatic hydroxyl groups is 3. The highest BCUT2D eigenvalue weighted by Gasteiger charge is 2.22. The molecule has 0 aliphatic rings. The highest BCUT2D eigenvalue weighted by atomic mass is 16.3. The molecule has 0 saturated carbocycles. The molecule has 0 heterocycles. The van der Waals surface area contributed by atoms with Crippen LogP contribution in [0.4, 0.5) is 0 Å². The number of hydrogen-bond acceptors (Lipinski definition) is 4. The van der Waals surface area contributed by atoms with Crippen molar-refractivity contribution in [2.75, 3.05) is 6.61 Å². The Morgan fingerprint density at radius 2 is 0.678 bits per heavy atom. The first-order chi connectivity index (χ1) is 29.1.